The molecular formula is C21H20F2N2O6S. The monoisotopic (exact) mass is 466 g/mol. The maximum atomic E-state index is 13.6. The summed E-state index contributed by atoms with van der Waals surface area (Å²) in [5.74, 6) is -4.39. The van der Waals surface area contributed by atoms with Gasteiger partial charge in [0.2, 0.25) is 10.0 Å². The topological polar surface area (TPSA) is 110 Å². The second kappa shape index (κ2) is 9.96. The Bertz CT molecular complexity index is 1130. The first-order valence-electron chi connectivity index (χ1n) is 9.71. The number of carbonyl (C=O) groups is 3. The van der Waals surface area contributed by atoms with Gasteiger partial charge in [-0.25, -0.2) is 17.2 Å². The van der Waals surface area contributed by atoms with Gasteiger partial charge in [0.15, 0.2) is 12.4 Å². The number of amides is 1. The lowest BCUT2D eigenvalue weighted by Crippen LogP contribution is -2.32. The van der Waals surface area contributed by atoms with Crippen molar-refractivity contribution >= 4 is 27.7 Å². The van der Waals surface area contributed by atoms with Gasteiger partial charge in [0.1, 0.15) is 18.2 Å². The lowest BCUT2D eigenvalue weighted by atomic mass is 10.1. The van der Waals surface area contributed by atoms with E-state index >= 15 is 0 Å². The van der Waals surface area contributed by atoms with E-state index in [9.17, 15) is 31.6 Å². The molecule has 1 aliphatic heterocycles. The standard InChI is InChI=1S/C21H20F2N2O6S/c22-15-5-8-17(18(23)11-15)21(28)24-12-20(27)31-13-19(26)14-3-6-16(7-4-14)32(29,30)25-9-1-2-10-25/h3-8,11H,1-2,9-10,12-13H2,(H,24,28). The number of carbonyl (C=O) groups excluding carboxylic acids is 3. The highest BCUT2D eigenvalue weighted by Gasteiger charge is 2.27. The SMILES string of the molecule is O=C(CNC(=O)c1ccc(F)cc1F)OCC(=O)c1ccc(S(=O)(=O)N2CCCC2)cc1. The van der Waals surface area contributed by atoms with Crippen molar-refractivity contribution in [3.8, 4) is 0 Å². The Morgan fingerprint density at radius 1 is 1.00 bits per heavy atom. The molecule has 0 atom stereocenters. The molecular weight excluding hydrogens is 446 g/mol. The smallest absolute Gasteiger partial charge is 0.325 e. The molecule has 2 aromatic rings. The molecule has 0 unspecified atom stereocenters. The van der Waals surface area contributed by atoms with Gasteiger partial charge in [0.05, 0.1) is 10.5 Å². The van der Waals surface area contributed by atoms with E-state index in [2.05, 4.69) is 5.32 Å². The number of rotatable bonds is 8. The van der Waals surface area contributed by atoms with Crippen LogP contribution < -0.4 is 5.32 Å². The maximum absolute atomic E-state index is 13.6. The molecule has 0 spiro atoms. The quantitative estimate of drug-likeness (QED) is 0.470. The van der Waals surface area contributed by atoms with E-state index in [1.54, 1.807) is 0 Å². The molecule has 1 saturated heterocycles. The van der Waals surface area contributed by atoms with E-state index in [4.69, 9.17) is 4.74 Å². The summed E-state index contributed by atoms with van der Waals surface area (Å²) in [4.78, 5) is 35.9. The van der Waals surface area contributed by atoms with Gasteiger partial charge in [-0.2, -0.15) is 4.31 Å². The molecule has 1 aliphatic rings. The first kappa shape index (κ1) is 23.5. The summed E-state index contributed by atoms with van der Waals surface area (Å²) in [5.41, 5.74) is -0.296. The highest BCUT2D eigenvalue weighted by molar-refractivity contribution is 7.89. The molecule has 0 bridgehead atoms. The molecule has 0 aromatic heterocycles. The summed E-state index contributed by atoms with van der Waals surface area (Å²) in [7, 11) is -3.60. The van der Waals surface area contributed by atoms with Gasteiger partial charge in [0, 0.05) is 24.7 Å². The second-order valence-corrected chi connectivity index (χ2v) is 8.96. The zero-order valence-electron chi connectivity index (χ0n) is 16.8. The van der Waals surface area contributed by atoms with Crippen LogP contribution in [0.25, 0.3) is 0 Å². The summed E-state index contributed by atoms with van der Waals surface area (Å²) in [5, 5.41) is 2.11. The zero-order chi connectivity index (χ0) is 23.3. The predicted octanol–water partition coefficient (Wildman–Crippen LogP) is 1.91. The molecule has 170 valence electrons. The van der Waals surface area contributed by atoms with Crippen molar-refractivity contribution < 1.29 is 36.3 Å². The zero-order valence-corrected chi connectivity index (χ0v) is 17.7. The van der Waals surface area contributed by atoms with Crippen LogP contribution in [0.15, 0.2) is 47.4 Å². The van der Waals surface area contributed by atoms with Gasteiger partial charge in [-0.1, -0.05) is 0 Å². The second-order valence-electron chi connectivity index (χ2n) is 7.03. The molecule has 11 heteroatoms. The van der Waals surface area contributed by atoms with Crippen LogP contribution in [0.5, 0.6) is 0 Å². The van der Waals surface area contributed by atoms with Crippen LogP contribution in [0, 0.1) is 11.6 Å². The van der Waals surface area contributed by atoms with Crippen LogP contribution in [0.2, 0.25) is 0 Å². The summed E-state index contributed by atoms with van der Waals surface area (Å²) < 4.78 is 57.6. The van der Waals surface area contributed by atoms with E-state index in [1.807, 2.05) is 0 Å². The van der Waals surface area contributed by atoms with Gasteiger partial charge in [-0.05, 0) is 49.2 Å². The van der Waals surface area contributed by atoms with Crippen LogP contribution >= 0.6 is 0 Å². The number of benzene rings is 2. The van der Waals surface area contributed by atoms with E-state index in [0.717, 1.165) is 25.0 Å². The molecule has 1 N–H and O–H groups in total. The molecule has 0 saturated carbocycles. The van der Waals surface area contributed by atoms with Crippen molar-refractivity contribution in [2.24, 2.45) is 0 Å². The number of nitrogens with zero attached hydrogens (tertiary/aromatic N) is 1. The van der Waals surface area contributed by atoms with Crippen LogP contribution in [0.1, 0.15) is 33.6 Å². The van der Waals surface area contributed by atoms with Crippen molar-refractivity contribution in [3.63, 3.8) is 0 Å². The fourth-order valence-corrected chi connectivity index (χ4v) is 4.61. The van der Waals surface area contributed by atoms with E-state index in [1.165, 1.54) is 28.6 Å². The Morgan fingerprint density at radius 2 is 1.66 bits per heavy atom. The van der Waals surface area contributed by atoms with Crippen LogP contribution in [0.4, 0.5) is 8.78 Å². The normalized spacial score (nSPS) is 14.2. The number of halogens is 2. The highest BCUT2D eigenvalue weighted by Crippen LogP contribution is 2.21. The Hall–Kier alpha value is -3.18. The Balaban J connectivity index is 1.49. The average molecular weight is 466 g/mol. The van der Waals surface area contributed by atoms with Crippen molar-refractivity contribution in [3.05, 3.63) is 65.2 Å². The number of ketones is 1. The van der Waals surface area contributed by atoms with Crippen molar-refractivity contribution in [2.45, 2.75) is 17.7 Å². The van der Waals surface area contributed by atoms with Crippen molar-refractivity contribution in [1.29, 1.82) is 0 Å². The number of hydrogen-bond acceptors (Lipinski definition) is 6. The number of ether oxygens (including phenoxy) is 1. The van der Waals surface area contributed by atoms with E-state index < -0.39 is 58.0 Å². The molecule has 8 nitrogen and oxygen atoms in total. The molecule has 32 heavy (non-hydrogen) atoms. The van der Waals surface area contributed by atoms with Crippen LogP contribution in [-0.4, -0.2) is 56.6 Å². The highest BCUT2D eigenvalue weighted by atomic mass is 32.2. The van der Waals surface area contributed by atoms with E-state index in [-0.39, 0.29) is 10.5 Å². The largest absolute Gasteiger partial charge is 0.456 e. The minimum Gasteiger partial charge on any atom is -0.456 e. The minimum atomic E-state index is -3.60. The third kappa shape index (κ3) is 5.54. The van der Waals surface area contributed by atoms with Crippen LogP contribution in [0.3, 0.4) is 0 Å². The molecule has 2 aromatic carbocycles. The van der Waals surface area contributed by atoms with Gasteiger partial charge < -0.3 is 10.1 Å². The Kier molecular flexibility index (Phi) is 7.31. The fraction of sp³-hybridized carbons (Fsp3) is 0.286. The molecule has 1 amide bonds. The number of esters is 1. The molecule has 1 heterocycles. The van der Waals surface area contributed by atoms with Gasteiger partial charge >= 0.3 is 5.97 Å². The number of hydrogen-bond donors (Lipinski definition) is 1. The Morgan fingerprint density at radius 3 is 2.28 bits per heavy atom. The average Bonchev–Trinajstić information content (AvgIpc) is 3.32. The summed E-state index contributed by atoms with van der Waals surface area (Å²) in [6.45, 7) is -0.333. The molecule has 0 aliphatic carbocycles. The Labute approximate surface area is 183 Å². The molecule has 3 rings (SSSR count). The van der Waals surface area contributed by atoms with Gasteiger partial charge in [-0.15, -0.1) is 0 Å². The van der Waals surface area contributed by atoms with Gasteiger partial charge in [0.25, 0.3) is 5.91 Å². The van der Waals surface area contributed by atoms with Crippen molar-refractivity contribution in [2.75, 3.05) is 26.2 Å². The third-order valence-corrected chi connectivity index (χ3v) is 6.73. The van der Waals surface area contributed by atoms with Gasteiger partial charge in [-0.3, -0.25) is 14.4 Å². The number of nitrogens with one attached hydrogen (secondary N) is 1. The lowest BCUT2D eigenvalue weighted by molar-refractivity contribution is -0.141. The number of Topliss-reactive ketones (excluding diaryl/α,β-unsaturated/α-hetero) is 1. The third-order valence-electron chi connectivity index (χ3n) is 4.81. The summed E-state index contributed by atoms with van der Waals surface area (Å²) in [6.07, 6.45) is 1.61. The summed E-state index contributed by atoms with van der Waals surface area (Å²) >= 11 is 0. The predicted molar refractivity (Wildman–Crippen MR) is 108 cm³/mol. The van der Waals surface area contributed by atoms with E-state index in [0.29, 0.717) is 19.2 Å². The first-order valence-corrected chi connectivity index (χ1v) is 11.1. The molecule has 0 radical (unpaired) electrons. The molecule has 1 fully saturated rings. The maximum Gasteiger partial charge on any atom is 0.325 e. The van der Waals surface area contributed by atoms with Crippen LogP contribution in [-0.2, 0) is 19.6 Å². The van der Waals surface area contributed by atoms with Crippen molar-refractivity contribution in [1.82, 2.24) is 9.62 Å². The lowest BCUT2D eigenvalue weighted by Gasteiger charge is -2.15. The number of sulfonamides is 1. The first-order chi connectivity index (χ1) is 15.2. The summed E-state index contributed by atoms with van der Waals surface area (Å²) in [6, 6.07) is 7.67. The minimum absolute atomic E-state index is 0.0729. The fourth-order valence-electron chi connectivity index (χ4n) is 3.09.